The van der Waals surface area contributed by atoms with Crippen molar-refractivity contribution in [3.8, 4) is 0 Å². The number of hydrogen-bond acceptors (Lipinski definition) is 3. The number of benzene rings is 1. The van der Waals surface area contributed by atoms with Gasteiger partial charge in [0.25, 0.3) is 5.91 Å². The number of carbonyl (C=O) groups is 1. The first-order chi connectivity index (χ1) is 8.16. The number of thioether (sulfide) groups is 1. The number of amides is 1. The molecule has 1 aromatic rings. The van der Waals surface area contributed by atoms with Gasteiger partial charge >= 0.3 is 0 Å². The fourth-order valence-electron chi connectivity index (χ4n) is 1.83. The van der Waals surface area contributed by atoms with Crippen LogP contribution in [0.25, 0.3) is 0 Å². The van der Waals surface area contributed by atoms with Gasteiger partial charge in [-0.1, -0.05) is 0 Å². The summed E-state index contributed by atoms with van der Waals surface area (Å²) in [4.78, 5) is 12.1. The first-order valence-corrected chi connectivity index (χ1v) is 7.55. The summed E-state index contributed by atoms with van der Waals surface area (Å²) in [7, 11) is 0. The van der Waals surface area contributed by atoms with Crippen LogP contribution in [-0.2, 0) is 0 Å². The minimum absolute atomic E-state index is 0.0447. The summed E-state index contributed by atoms with van der Waals surface area (Å²) in [5.41, 5.74) is 6.91. The standard InChI is InChI=1S/C12H15BrN2OS/c13-11-4-3-8(14)6-10(11)12(16)15-9-2-1-5-17-7-9/h3-4,6,9H,1-2,5,7,14H2,(H,15,16). The average Bonchev–Trinajstić information content (AvgIpc) is 2.33. The molecule has 0 saturated carbocycles. The van der Waals surface area contributed by atoms with Gasteiger partial charge in [0.15, 0.2) is 0 Å². The molecule has 1 aliphatic rings. The highest BCUT2D eigenvalue weighted by Gasteiger charge is 2.18. The van der Waals surface area contributed by atoms with Gasteiger partial charge in [-0.05, 0) is 52.7 Å². The zero-order chi connectivity index (χ0) is 12.3. The molecular formula is C12H15BrN2OS. The molecule has 3 nitrogen and oxygen atoms in total. The van der Waals surface area contributed by atoms with Crippen LogP contribution < -0.4 is 11.1 Å². The van der Waals surface area contributed by atoms with Crippen molar-refractivity contribution in [2.24, 2.45) is 0 Å². The molecule has 1 heterocycles. The van der Waals surface area contributed by atoms with Crippen LogP contribution in [0.5, 0.6) is 0 Å². The molecule has 1 amide bonds. The molecular weight excluding hydrogens is 300 g/mol. The molecule has 1 atom stereocenters. The Morgan fingerprint density at radius 1 is 1.53 bits per heavy atom. The van der Waals surface area contributed by atoms with Gasteiger partial charge in [0.2, 0.25) is 0 Å². The van der Waals surface area contributed by atoms with E-state index < -0.39 is 0 Å². The molecule has 1 unspecified atom stereocenters. The van der Waals surface area contributed by atoms with Crippen LogP contribution in [0.15, 0.2) is 22.7 Å². The van der Waals surface area contributed by atoms with E-state index in [0.717, 1.165) is 16.6 Å². The van der Waals surface area contributed by atoms with E-state index in [1.54, 1.807) is 18.2 Å². The van der Waals surface area contributed by atoms with Crippen molar-refractivity contribution in [1.29, 1.82) is 0 Å². The molecule has 0 spiro atoms. The molecule has 17 heavy (non-hydrogen) atoms. The Hall–Kier alpha value is -0.680. The zero-order valence-electron chi connectivity index (χ0n) is 9.41. The fraction of sp³-hybridized carbons (Fsp3) is 0.417. The third-order valence-electron chi connectivity index (χ3n) is 2.73. The normalized spacial score (nSPS) is 19.9. The SMILES string of the molecule is Nc1ccc(Br)c(C(=O)NC2CCCSC2)c1. The van der Waals surface area contributed by atoms with Crippen LogP contribution in [0, 0.1) is 0 Å². The largest absolute Gasteiger partial charge is 0.399 e. The van der Waals surface area contributed by atoms with E-state index in [4.69, 9.17) is 5.73 Å². The van der Waals surface area contributed by atoms with E-state index in [-0.39, 0.29) is 11.9 Å². The molecule has 1 fully saturated rings. The predicted molar refractivity (Wildman–Crippen MR) is 76.4 cm³/mol. The van der Waals surface area contributed by atoms with Crippen molar-refractivity contribution in [3.05, 3.63) is 28.2 Å². The topological polar surface area (TPSA) is 55.1 Å². The lowest BCUT2D eigenvalue weighted by Gasteiger charge is -2.22. The maximum absolute atomic E-state index is 12.1. The van der Waals surface area contributed by atoms with Crippen LogP contribution >= 0.6 is 27.7 Å². The van der Waals surface area contributed by atoms with Crippen molar-refractivity contribution in [1.82, 2.24) is 5.32 Å². The molecule has 2 rings (SSSR count). The monoisotopic (exact) mass is 314 g/mol. The molecule has 1 saturated heterocycles. The Labute approximate surface area is 114 Å². The van der Waals surface area contributed by atoms with Crippen LogP contribution in [0.1, 0.15) is 23.2 Å². The number of halogens is 1. The highest BCUT2D eigenvalue weighted by molar-refractivity contribution is 9.10. The second-order valence-electron chi connectivity index (χ2n) is 4.13. The highest BCUT2D eigenvalue weighted by Crippen LogP contribution is 2.21. The molecule has 0 aromatic heterocycles. The molecule has 5 heteroatoms. The van der Waals surface area contributed by atoms with E-state index in [9.17, 15) is 4.79 Å². The Morgan fingerprint density at radius 3 is 3.06 bits per heavy atom. The Balaban J connectivity index is 2.05. The predicted octanol–water partition coefficient (Wildman–Crippen LogP) is 2.66. The van der Waals surface area contributed by atoms with E-state index >= 15 is 0 Å². The van der Waals surface area contributed by atoms with Crippen molar-refractivity contribution in [2.75, 3.05) is 17.2 Å². The van der Waals surface area contributed by atoms with Gasteiger partial charge < -0.3 is 11.1 Å². The van der Waals surface area contributed by atoms with Crippen molar-refractivity contribution >= 4 is 39.3 Å². The van der Waals surface area contributed by atoms with Gasteiger partial charge in [-0.3, -0.25) is 4.79 Å². The number of nitrogens with one attached hydrogen (secondary N) is 1. The second-order valence-corrected chi connectivity index (χ2v) is 6.13. The number of nitrogen functional groups attached to an aromatic ring is 1. The lowest BCUT2D eigenvalue weighted by molar-refractivity contribution is 0.0938. The number of nitrogens with two attached hydrogens (primary N) is 1. The van der Waals surface area contributed by atoms with Gasteiger partial charge in [-0.15, -0.1) is 0 Å². The molecule has 0 bridgehead atoms. The summed E-state index contributed by atoms with van der Waals surface area (Å²) in [5, 5.41) is 3.06. The molecule has 0 radical (unpaired) electrons. The number of hydrogen-bond donors (Lipinski definition) is 2. The number of anilines is 1. The summed E-state index contributed by atoms with van der Waals surface area (Å²) in [6, 6.07) is 5.57. The van der Waals surface area contributed by atoms with Crippen LogP contribution in [0.4, 0.5) is 5.69 Å². The third kappa shape index (κ3) is 3.39. The molecule has 92 valence electrons. The van der Waals surface area contributed by atoms with Gasteiger partial charge in [0.1, 0.15) is 0 Å². The van der Waals surface area contributed by atoms with Crippen molar-refractivity contribution < 1.29 is 4.79 Å². The van der Waals surface area contributed by atoms with Gasteiger partial charge in [-0.25, -0.2) is 0 Å². The summed E-state index contributed by atoms with van der Waals surface area (Å²) >= 11 is 5.27. The quantitative estimate of drug-likeness (QED) is 0.825. The smallest absolute Gasteiger partial charge is 0.252 e. The van der Waals surface area contributed by atoms with Gasteiger partial charge in [-0.2, -0.15) is 11.8 Å². The van der Waals surface area contributed by atoms with Gasteiger partial charge in [0, 0.05) is 22.0 Å². The Bertz CT molecular complexity index is 419. The zero-order valence-corrected chi connectivity index (χ0v) is 11.8. The summed E-state index contributed by atoms with van der Waals surface area (Å²) in [6.07, 6.45) is 2.24. The first-order valence-electron chi connectivity index (χ1n) is 5.60. The Kier molecular flexibility index (Phi) is 4.34. The maximum atomic E-state index is 12.1. The van der Waals surface area contributed by atoms with E-state index in [0.29, 0.717) is 11.3 Å². The second kappa shape index (κ2) is 5.78. The van der Waals surface area contributed by atoms with Crippen molar-refractivity contribution in [3.63, 3.8) is 0 Å². The van der Waals surface area contributed by atoms with Crippen LogP contribution in [0.2, 0.25) is 0 Å². The lowest BCUT2D eigenvalue weighted by atomic mass is 10.1. The van der Waals surface area contributed by atoms with E-state index in [2.05, 4.69) is 21.2 Å². The average molecular weight is 315 g/mol. The molecule has 1 aliphatic heterocycles. The minimum Gasteiger partial charge on any atom is -0.399 e. The van der Waals surface area contributed by atoms with Crippen LogP contribution in [-0.4, -0.2) is 23.5 Å². The third-order valence-corrected chi connectivity index (χ3v) is 4.64. The van der Waals surface area contributed by atoms with Gasteiger partial charge in [0.05, 0.1) is 5.56 Å². The minimum atomic E-state index is -0.0447. The van der Waals surface area contributed by atoms with Crippen molar-refractivity contribution in [2.45, 2.75) is 18.9 Å². The summed E-state index contributed by atoms with van der Waals surface area (Å²) in [6.45, 7) is 0. The molecule has 3 N–H and O–H groups in total. The first kappa shape index (κ1) is 12.8. The highest BCUT2D eigenvalue weighted by atomic mass is 79.9. The number of rotatable bonds is 2. The number of carbonyl (C=O) groups excluding carboxylic acids is 1. The van der Waals surface area contributed by atoms with E-state index in [1.165, 1.54) is 12.2 Å². The Morgan fingerprint density at radius 2 is 2.35 bits per heavy atom. The molecule has 1 aromatic carbocycles. The summed E-state index contributed by atoms with van der Waals surface area (Å²) in [5.74, 6) is 2.16. The van der Waals surface area contributed by atoms with Crippen LogP contribution in [0.3, 0.4) is 0 Å². The van der Waals surface area contributed by atoms with E-state index in [1.807, 2.05) is 11.8 Å². The molecule has 0 aliphatic carbocycles. The summed E-state index contributed by atoms with van der Waals surface area (Å²) < 4.78 is 0.785. The maximum Gasteiger partial charge on any atom is 0.252 e. The lowest BCUT2D eigenvalue weighted by Crippen LogP contribution is -2.38. The fourth-order valence-corrected chi connectivity index (χ4v) is 3.33.